The molecule has 1 saturated heterocycles. The highest BCUT2D eigenvalue weighted by Crippen LogP contribution is 2.29. The van der Waals surface area contributed by atoms with Crippen LogP contribution >= 0.6 is 0 Å². The molecule has 1 aromatic heterocycles. The van der Waals surface area contributed by atoms with Crippen LogP contribution in [0.25, 0.3) is 0 Å². The predicted molar refractivity (Wildman–Crippen MR) is 68.2 cm³/mol. The van der Waals surface area contributed by atoms with Crippen molar-refractivity contribution in [3.05, 3.63) is 24.2 Å². The predicted octanol–water partition coefficient (Wildman–Crippen LogP) is 3.51. The average Bonchev–Trinajstić information content (AvgIpc) is 2.80. The average molecular weight is 291 g/mol. The lowest BCUT2D eigenvalue weighted by Crippen LogP contribution is -2.42. The Morgan fingerprint density at radius 1 is 1.35 bits per heavy atom. The van der Waals surface area contributed by atoms with Crippen LogP contribution in [-0.2, 0) is 0 Å². The summed E-state index contributed by atoms with van der Waals surface area (Å²) >= 11 is 0. The zero-order valence-corrected chi connectivity index (χ0v) is 11.3. The Balaban J connectivity index is 2.00. The standard InChI is InChI=1S/C14H20F3NO2/c15-14(16,17)10-18-7-3-1-2-5-11(18)9-12(19)13-6-4-8-20-13/h4,6,8,11-12,19H,1-3,5,7,9-10H2. The number of furan rings is 1. The third-order valence-electron chi connectivity index (χ3n) is 3.75. The van der Waals surface area contributed by atoms with Crippen molar-refractivity contribution < 1.29 is 22.7 Å². The summed E-state index contributed by atoms with van der Waals surface area (Å²) in [6.07, 6.45) is 0.0212. The van der Waals surface area contributed by atoms with Crippen LogP contribution in [0.1, 0.15) is 44.0 Å². The van der Waals surface area contributed by atoms with Crippen molar-refractivity contribution in [3.8, 4) is 0 Å². The quantitative estimate of drug-likeness (QED) is 0.922. The minimum atomic E-state index is -4.20. The summed E-state index contributed by atoms with van der Waals surface area (Å²) in [6.45, 7) is -0.461. The molecule has 1 aliphatic rings. The molecule has 0 aromatic carbocycles. The fraction of sp³-hybridized carbons (Fsp3) is 0.714. The molecule has 0 saturated carbocycles. The molecule has 2 rings (SSSR count). The molecule has 114 valence electrons. The van der Waals surface area contributed by atoms with Gasteiger partial charge in [-0.25, -0.2) is 0 Å². The zero-order chi connectivity index (χ0) is 14.6. The summed E-state index contributed by atoms with van der Waals surface area (Å²) in [5.74, 6) is 0.418. The normalized spacial score (nSPS) is 23.5. The number of nitrogens with zero attached hydrogens (tertiary/aromatic N) is 1. The molecule has 20 heavy (non-hydrogen) atoms. The van der Waals surface area contributed by atoms with Gasteiger partial charge in [-0.1, -0.05) is 12.8 Å². The van der Waals surface area contributed by atoms with E-state index in [4.69, 9.17) is 4.42 Å². The Kier molecular flexibility index (Phi) is 5.10. The Morgan fingerprint density at radius 2 is 2.15 bits per heavy atom. The Morgan fingerprint density at radius 3 is 2.80 bits per heavy atom. The van der Waals surface area contributed by atoms with Gasteiger partial charge in [0, 0.05) is 6.04 Å². The van der Waals surface area contributed by atoms with Gasteiger partial charge in [0.25, 0.3) is 0 Å². The fourth-order valence-electron chi connectivity index (χ4n) is 2.80. The van der Waals surface area contributed by atoms with E-state index in [9.17, 15) is 18.3 Å². The maximum atomic E-state index is 12.6. The number of hydrogen-bond donors (Lipinski definition) is 1. The van der Waals surface area contributed by atoms with E-state index in [1.807, 2.05) is 0 Å². The second-order valence-electron chi connectivity index (χ2n) is 5.36. The van der Waals surface area contributed by atoms with Crippen molar-refractivity contribution in [2.45, 2.75) is 50.4 Å². The van der Waals surface area contributed by atoms with Crippen molar-refractivity contribution in [2.24, 2.45) is 0 Å². The number of hydrogen-bond acceptors (Lipinski definition) is 3. The first kappa shape index (κ1) is 15.4. The molecule has 2 unspecified atom stereocenters. The summed E-state index contributed by atoms with van der Waals surface area (Å²) in [6, 6.07) is 3.06. The van der Waals surface area contributed by atoms with Crippen LogP contribution in [0.15, 0.2) is 22.8 Å². The maximum absolute atomic E-state index is 12.6. The number of alkyl halides is 3. The van der Waals surface area contributed by atoms with E-state index >= 15 is 0 Å². The van der Waals surface area contributed by atoms with Gasteiger partial charge >= 0.3 is 6.18 Å². The van der Waals surface area contributed by atoms with Gasteiger partial charge in [-0.05, 0) is 37.9 Å². The van der Waals surface area contributed by atoms with Crippen molar-refractivity contribution >= 4 is 0 Å². The van der Waals surface area contributed by atoms with E-state index < -0.39 is 18.8 Å². The summed E-state index contributed by atoms with van der Waals surface area (Å²) in [5, 5.41) is 10.1. The topological polar surface area (TPSA) is 36.6 Å². The van der Waals surface area contributed by atoms with E-state index in [1.54, 1.807) is 12.1 Å². The van der Waals surface area contributed by atoms with Crippen LogP contribution < -0.4 is 0 Å². The van der Waals surface area contributed by atoms with Gasteiger partial charge in [0.1, 0.15) is 11.9 Å². The van der Waals surface area contributed by atoms with Crippen molar-refractivity contribution in [1.82, 2.24) is 4.90 Å². The van der Waals surface area contributed by atoms with Crippen molar-refractivity contribution in [2.75, 3.05) is 13.1 Å². The number of halogens is 3. The first-order valence-corrected chi connectivity index (χ1v) is 6.98. The molecule has 0 aliphatic carbocycles. The van der Waals surface area contributed by atoms with E-state index in [2.05, 4.69) is 0 Å². The number of likely N-dealkylation sites (tertiary alicyclic amines) is 1. The molecule has 2 heterocycles. The van der Waals surface area contributed by atoms with Crippen molar-refractivity contribution in [3.63, 3.8) is 0 Å². The van der Waals surface area contributed by atoms with Crippen LogP contribution in [0.5, 0.6) is 0 Å². The molecular formula is C14H20F3NO2. The first-order chi connectivity index (χ1) is 9.46. The molecule has 0 amide bonds. The van der Waals surface area contributed by atoms with Gasteiger partial charge in [0.2, 0.25) is 0 Å². The largest absolute Gasteiger partial charge is 0.467 e. The second-order valence-corrected chi connectivity index (χ2v) is 5.36. The van der Waals surface area contributed by atoms with Crippen LogP contribution in [0.4, 0.5) is 13.2 Å². The van der Waals surface area contributed by atoms with E-state index in [0.29, 0.717) is 18.7 Å². The lowest BCUT2D eigenvalue weighted by molar-refractivity contribution is -0.152. The maximum Gasteiger partial charge on any atom is 0.401 e. The smallest absolute Gasteiger partial charge is 0.401 e. The Labute approximate surface area is 116 Å². The molecule has 2 atom stereocenters. The number of aliphatic hydroxyl groups is 1. The highest BCUT2D eigenvalue weighted by atomic mass is 19.4. The molecule has 3 nitrogen and oxygen atoms in total. The monoisotopic (exact) mass is 291 g/mol. The minimum absolute atomic E-state index is 0.251. The summed E-state index contributed by atoms with van der Waals surface area (Å²) in [5.41, 5.74) is 0. The molecule has 0 radical (unpaired) electrons. The second kappa shape index (κ2) is 6.63. The molecule has 1 N–H and O–H groups in total. The lowest BCUT2D eigenvalue weighted by Gasteiger charge is -2.31. The van der Waals surface area contributed by atoms with Crippen LogP contribution in [-0.4, -0.2) is 35.3 Å². The van der Waals surface area contributed by atoms with Gasteiger partial charge in [0.05, 0.1) is 12.8 Å². The molecular weight excluding hydrogens is 271 g/mol. The van der Waals surface area contributed by atoms with Gasteiger partial charge in [0.15, 0.2) is 0 Å². The van der Waals surface area contributed by atoms with Crippen molar-refractivity contribution in [1.29, 1.82) is 0 Å². The first-order valence-electron chi connectivity index (χ1n) is 6.98. The third-order valence-corrected chi connectivity index (χ3v) is 3.75. The van der Waals surface area contributed by atoms with Crippen LogP contribution in [0.3, 0.4) is 0 Å². The minimum Gasteiger partial charge on any atom is -0.467 e. The zero-order valence-electron chi connectivity index (χ0n) is 11.3. The van der Waals surface area contributed by atoms with E-state index in [0.717, 1.165) is 19.3 Å². The number of rotatable bonds is 4. The molecule has 1 aliphatic heterocycles. The van der Waals surface area contributed by atoms with E-state index in [-0.39, 0.29) is 12.5 Å². The highest BCUT2D eigenvalue weighted by molar-refractivity contribution is 5.02. The summed E-state index contributed by atoms with van der Waals surface area (Å²) in [4.78, 5) is 1.46. The van der Waals surface area contributed by atoms with Gasteiger partial charge in [-0.15, -0.1) is 0 Å². The van der Waals surface area contributed by atoms with Crippen LogP contribution in [0, 0.1) is 0 Å². The molecule has 0 bridgehead atoms. The SMILES string of the molecule is OC(CC1CCCCCN1CC(F)(F)F)c1ccco1. The fourth-order valence-corrected chi connectivity index (χ4v) is 2.80. The Hall–Kier alpha value is -1.01. The molecule has 1 aromatic rings. The van der Waals surface area contributed by atoms with E-state index in [1.165, 1.54) is 11.2 Å². The highest BCUT2D eigenvalue weighted by Gasteiger charge is 2.35. The molecule has 6 heteroatoms. The third kappa shape index (κ3) is 4.52. The lowest BCUT2D eigenvalue weighted by atomic mass is 10.0. The van der Waals surface area contributed by atoms with Crippen LogP contribution in [0.2, 0.25) is 0 Å². The van der Waals surface area contributed by atoms with Gasteiger partial charge in [-0.2, -0.15) is 13.2 Å². The Bertz CT molecular complexity index is 392. The number of aliphatic hydroxyl groups excluding tert-OH is 1. The van der Waals surface area contributed by atoms with Gasteiger partial charge in [-0.3, -0.25) is 4.90 Å². The summed E-state index contributed by atoms with van der Waals surface area (Å²) in [7, 11) is 0. The summed E-state index contributed by atoms with van der Waals surface area (Å²) < 4.78 is 43.0. The van der Waals surface area contributed by atoms with Gasteiger partial charge < -0.3 is 9.52 Å². The molecule has 0 spiro atoms. The molecule has 1 fully saturated rings.